The normalized spacial score (nSPS) is 10.7. The van der Waals surface area contributed by atoms with E-state index in [0.717, 1.165) is 0 Å². The molecule has 0 saturated heterocycles. The standard InChI is InChI=1S/C15H8Cl2N2O4/c16-9-1-4-13-8(5-9)6-14(23-13)15(20)18-10-2-3-11(17)12(7-10)19(21)22/h1-7H,(H,18,20). The Kier molecular flexibility index (Phi) is 3.94. The number of rotatable bonds is 3. The lowest BCUT2D eigenvalue weighted by molar-refractivity contribution is -0.384. The van der Waals surface area contributed by atoms with Crippen LogP contribution in [0.25, 0.3) is 11.0 Å². The van der Waals surface area contributed by atoms with Crippen molar-refractivity contribution in [1.82, 2.24) is 0 Å². The van der Waals surface area contributed by atoms with Crippen molar-refractivity contribution in [2.75, 3.05) is 5.32 Å². The third-order valence-corrected chi connectivity index (χ3v) is 3.66. The third-order valence-electron chi connectivity index (χ3n) is 3.10. The summed E-state index contributed by atoms with van der Waals surface area (Å²) in [5, 5.41) is 14.6. The lowest BCUT2D eigenvalue weighted by Gasteiger charge is -2.03. The predicted molar refractivity (Wildman–Crippen MR) is 87.3 cm³/mol. The molecular formula is C15H8Cl2N2O4. The molecule has 3 rings (SSSR count). The van der Waals surface area contributed by atoms with E-state index in [1.54, 1.807) is 24.3 Å². The molecule has 1 heterocycles. The van der Waals surface area contributed by atoms with Gasteiger partial charge in [-0.1, -0.05) is 23.2 Å². The van der Waals surface area contributed by atoms with Crippen LogP contribution in [0, 0.1) is 10.1 Å². The molecule has 0 aliphatic rings. The molecule has 0 fully saturated rings. The minimum atomic E-state index is -0.624. The first-order chi connectivity index (χ1) is 10.9. The number of benzene rings is 2. The summed E-state index contributed by atoms with van der Waals surface area (Å²) in [5.41, 5.74) is 0.465. The minimum absolute atomic E-state index is 0.00798. The largest absolute Gasteiger partial charge is 0.451 e. The van der Waals surface area contributed by atoms with Gasteiger partial charge >= 0.3 is 0 Å². The maximum atomic E-state index is 12.2. The number of hydrogen-bond donors (Lipinski definition) is 1. The minimum Gasteiger partial charge on any atom is -0.451 e. The molecule has 1 amide bonds. The molecule has 2 aromatic carbocycles. The Morgan fingerprint density at radius 3 is 2.65 bits per heavy atom. The molecule has 3 aromatic rings. The quantitative estimate of drug-likeness (QED) is 0.537. The van der Waals surface area contributed by atoms with Gasteiger partial charge in [0.05, 0.1) is 4.92 Å². The first-order valence-corrected chi connectivity index (χ1v) is 7.14. The Morgan fingerprint density at radius 2 is 1.91 bits per heavy atom. The molecule has 0 bridgehead atoms. The fraction of sp³-hybridized carbons (Fsp3) is 0. The van der Waals surface area contributed by atoms with Crippen LogP contribution in [0.15, 0.2) is 46.9 Å². The molecule has 1 N–H and O–H groups in total. The predicted octanol–water partition coefficient (Wildman–Crippen LogP) is 4.90. The number of anilines is 1. The summed E-state index contributed by atoms with van der Waals surface area (Å²) in [5.74, 6) is -0.464. The van der Waals surface area contributed by atoms with Gasteiger partial charge in [-0.05, 0) is 36.4 Å². The second kappa shape index (κ2) is 5.91. The summed E-state index contributed by atoms with van der Waals surface area (Å²) in [4.78, 5) is 22.4. The number of nitro groups is 1. The summed E-state index contributed by atoms with van der Waals surface area (Å²) in [6.07, 6.45) is 0. The van der Waals surface area contributed by atoms with Crippen molar-refractivity contribution in [3.8, 4) is 0 Å². The van der Waals surface area contributed by atoms with E-state index in [-0.39, 0.29) is 22.2 Å². The number of carbonyl (C=O) groups excluding carboxylic acids is 1. The number of hydrogen-bond acceptors (Lipinski definition) is 4. The summed E-state index contributed by atoms with van der Waals surface area (Å²) in [7, 11) is 0. The second-order valence-corrected chi connectivity index (χ2v) is 5.51. The first kappa shape index (κ1) is 15.3. The molecule has 1 aromatic heterocycles. The molecule has 0 saturated carbocycles. The van der Waals surface area contributed by atoms with Crippen molar-refractivity contribution in [3.05, 3.63) is 68.4 Å². The van der Waals surface area contributed by atoms with E-state index >= 15 is 0 Å². The zero-order valence-corrected chi connectivity index (χ0v) is 12.9. The molecule has 0 aliphatic carbocycles. The number of fused-ring (bicyclic) bond motifs is 1. The Hall–Kier alpha value is -2.57. The van der Waals surface area contributed by atoms with Gasteiger partial charge in [0.15, 0.2) is 5.76 Å². The number of furan rings is 1. The number of nitro benzene ring substituents is 1. The molecule has 116 valence electrons. The Balaban J connectivity index is 1.88. The lowest BCUT2D eigenvalue weighted by Crippen LogP contribution is -2.10. The number of halogens is 2. The summed E-state index contributed by atoms with van der Waals surface area (Å²) >= 11 is 11.6. The summed E-state index contributed by atoms with van der Waals surface area (Å²) in [6.45, 7) is 0. The van der Waals surface area contributed by atoms with Crippen LogP contribution in [0.5, 0.6) is 0 Å². The first-order valence-electron chi connectivity index (χ1n) is 6.38. The maximum Gasteiger partial charge on any atom is 0.291 e. The Labute approximate surface area is 139 Å². The van der Waals surface area contributed by atoms with Crippen molar-refractivity contribution in [2.24, 2.45) is 0 Å². The van der Waals surface area contributed by atoms with Gasteiger partial charge in [-0.25, -0.2) is 0 Å². The van der Waals surface area contributed by atoms with Crippen LogP contribution in [0.2, 0.25) is 10.0 Å². The van der Waals surface area contributed by atoms with E-state index in [1.807, 2.05) is 0 Å². The van der Waals surface area contributed by atoms with Crippen LogP contribution in [-0.4, -0.2) is 10.8 Å². The number of nitrogens with zero attached hydrogens (tertiary/aromatic N) is 1. The van der Waals surface area contributed by atoms with Crippen LogP contribution >= 0.6 is 23.2 Å². The van der Waals surface area contributed by atoms with Crippen molar-refractivity contribution in [2.45, 2.75) is 0 Å². The Morgan fingerprint density at radius 1 is 1.13 bits per heavy atom. The van der Waals surface area contributed by atoms with Gasteiger partial charge in [0.1, 0.15) is 10.6 Å². The average Bonchev–Trinajstić information content (AvgIpc) is 2.92. The fourth-order valence-electron chi connectivity index (χ4n) is 2.05. The third kappa shape index (κ3) is 3.13. The Bertz CT molecular complexity index is 936. The van der Waals surface area contributed by atoms with Gasteiger partial charge in [-0.3, -0.25) is 14.9 Å². The molecule has 0 atom stereocenters. The van der Waals surface area contributed by atoms with Crippen molar-refractivity contribution >= 4 is 51.5 Å². The second-order valence-electron chi connectivity index (χ2n) is 4.67. The molecule has 0 unspecified atom stereocenters. The van der Waals surface area contributed by atoms with E-state index in [1.165, 1.54) is 18.2 Å². The molecule has 0 aliphatic heterocycles. The van der Waals surface area contributed by atoms with Crippen LogP contribution in [0.4, 0.5) is 11.4 Å². The van der Waals surface area contributed by atoms with Gasteiger partial charge < -0.3 is 9.73 Å². The zero-order valence-electron chi connectivity index (χ0n) is 11.4. The average molecular weight is 351 g/mol. The number of amides is 1. The fourth-order valence-corrected chi connectivity index (χ4v) is 2.42. The van der Waals surface area contributed by atoms with Crippen LogP contribution in [0.3, 0.4) is 0 Å². The van der Waals surface area contributed by atoms with Gasteiger partial charge in [0, 0.05) is 22.2 Å². The van der Waals surface area contributed by atoms with Gasteiger partial charge in [0.2, 0.25) is 0 Å². The lowest BCUT2D eigenvalue weighted by atomic mass is 10.2. The number of carbonyl (C=O) groups is 1. The van der Waals surface area contributed by atoms with Gasteiger partial charge in [0.25, 0.3) is 11.6 Å². The van der Waals surface area contributed by atoms with E-state index in [4.69, 9.17) is 27.6 Å². The van der Waals surface area contributed by atoms with Crippen LogP contribution in [0.1, 0.15) is 10.6 Å². The topological polar surface area (TPSA) is 85.4 Å². The maximum absolute atomic E-state index is 12.2. The molecule has 0 radical (unpaired) electrons. The molecule has 23 heavy (non-hydrogen) atoms. The highest BCUT2D eigenvalue weighted by atomic mass is 35.5. The van der Waals surface area contributed by atoms with E-state index < -0.39 is 10.8 Å². The monoisotopic (exact) mass is 350 g/mol. The van der Waals surface area contributed by atoms with Gasteiger partial charge in [-0.2, -0.15) is 0 Å². The van der Waals surface area contributed by atoms with Gasteiger partial charge in [-0.15, -0.1) is 0 Å². The van der Waals surface area contributed by atoms with Crippen molar-refractivity contribution in [3.63, 3.8) is 0 Å². The summed E-state index contributed by atoms with van der Waals surface area (Å²) in [6, 6.07) is 10.5. The SMILES string of the molecule is O=C(Nc1ccc(Cl)c([N+](=O)[O-])c1)c1cc2cc(Cl)ccc2o1. The highest BCUT2D eigenvalue weighted by molar-refractivity contribution is 6.32. The highest BCUT2D eigenvalue weighted by Crippen LogP contribution is 2.28. The van der Waals surface area contributed by atoms with Crippen molar-refractivity contribution in [1.29, 1.82) is 0 Å². The summed E-state index contributed by atoms with van der Waals surface area (Å²) < 4.78 is 5.43. The highest BCUT2D eigenvalue weighted by Gasteiger charge is 2.16. The smallest absolute Gasteiger partial charge is 0.291 e. The molecule has 8 heteroatoms. The molecule has 0 spiro atoms. The van der Waals surface area contributed by atoms with Crippen LogP contribution < -0.4 is 5.32 Å². The van der Waals surface area contributed by atoms with Crippen molar-refractivity contribution < 1.29 is 14.1 Å². The van der Waals surface area contributed by atoms with E-state index in [9.17, 15) is 14.9 Å². The molecular weight excluding hydrogens is 343 g/mol. The molecule has 6 nitrogen and oxygen atoms in total. The van der Waals surface area contributed by atoms with E-state index in [0.29, 0.717) is 16.0 Å². The van der Waals surface area contributed by atoms with E-state index in [2.05, 4.69) is 5.32 Å². The number of nitrogens with one attached hydrogen (secondary N) is 1. The van der Waals surface area contributed by atoms with Crippen LogP contribution in [-0.2, 0) is 0 Å². The zero-order chi connectivity index (χ0) is 16.6.